The number of nitrogens with zero attached hydrogens (tertiary/aromatic N) is 3. The van der Waals surface area contributed by atoms with Crippen molar-refractivity contribution < 1.29 is 14.3 Å². The van der Waals surface area contributed by atoms with Crippen LogP contribution in [0.1, 0.15) is 31.7 Å². The van der Waals surface area contributed by atoms with Crippen molar-refractivity contribution in [2.75, 3.05) is 52.5 Å². The summed E-state index contributed by atoms with van der Waals surface area (Å²) in [5, 5.41) is 3.05. The van der Waals surface area contributed by atoms with Crippen molar-refractivity contribution >= 4 is 11.9 Å². The van der Waals surface area contributed by atoms with E-state index in [1.165, 1.54) is 0 Å². The Morgan fingerprint density at radius 3 is 2.50 bits per heavy atom. The Morgan fingerprint density at radius 1 is 1.03 bits per heavy atom. The SMILES string of the molecule is CCN1CC[C@@]2(C(=O)N3CCOCC3)CCN(C(=O)NCc3ccccc3)CC[C@@H]12. The second-order valence-corrected chi connectivity index (χ2v) is 8.63. The van der Waals surface area contributed by atoms with Gasteiger partial charge in [-0.3, -0.25) is 9.69 Å². The first kappa shape index (κ1) is 21.1. The van der Waals surface area contributed by atoms with E-state index in [9.17, 15) is 9.59 Å². The van der Waals surface area contributed by atoms with Crippen LogP contribution in [0.15, 0.2) is 30.3 Å². The van der Waals surface area contributed by atoms with E-state index in [4.69, 9.17) is 4.74 Å². The quantitative estimate of drug-likeness (QED) is 0.818. The fraction of sp³-hybridized carbons (Fsp3) is 0.652. The third-order valence-electron chi connectivity index (χ3n) is 7.13. The van der Waals surface area contributed by atoms with Gasteiger partial charge in [-0.25, -0.2) is 4.79 Å². The van der Waals surface area contributed by atoms with Crippen molar-refractivity contribution in [1.29, 1.82) is 0 Å². The molecule has 7 heteroatoms. The lowest BCUT2D eigenvalue weighted by Gasteiger charge is -2.40. The maximum atomic E-state index is 13.7. The Morgan fingerprint density at radius 2 is 1.77 bits per heavy atom. The number of ether oxygens (including phenoxy) is 1. The van der Waals surface area contributed by atoms with Gasteiger partial charge in [-0.2, -0.15) is 0 Å². The molecule has 0 radical (unpaired) electrons. The molecule has 0 aliphatic carbocycles. The molecule has 0 saturated carbocycles. The molecule has 3 heterocycles. The Balaban J connectivity index is 1.45. The predicted molar refractivity (Wildman–Crippen MR) is 115 cm³/mol. The average molecular weight is 415 g/mol. The zero-order valence-electron chi connectivity index (χ0n) is 18.0. The lowest BCUT2D eigenvalue weighted by molar-refractivity contribution is -0.148. The first-order chi connectivity index (χ1) is 14.6. The Bertz CT molecular complexity index is 737. The second-order valence-electron chi connectivity index (χ2n) is 8.63. The monoisotopic (exact) mass is 414 g/mol. The third kappa shape index (κ3) is 4.18. The number of hydrogen-bond acceptors (Lipinski definition) is 4. The number of hydrogen-bond donors (Lipinski definition) is 1. The lowest BCUT2D eigenvalue weighted by atomic mass is 9.75. The highest BCUT2D eigenvalue weighted by atomic mass is 16.5. The maximum Gasteiger partial charge on any atom is 0.317 e. The van der Waals surface area contributed by atoms with Gasteiger partial charge in [0.05, 0.1) is 18.6 Å². The zero-order chi connectivity index (χ0) is 21.0. The summed E-state index contributed by atoms with van der Waals surface area (Å²) in [5.74, 6) is 0.276. The van der Waals surface area contributed by atoms with Crippen molar-refractivity contribution in [2.45, 2.75) is 38.8 Å². The summed E-state index contributed by atoms with van der Waals surface area (Å²) in [6.07, 6.45) is 2.48. The van der Waals surface area contributed by atoms with Crippen LogP contribution < -0.4 is 5.32 Å². The number of likely N-dealkylation sites (tertiary alicyclic amines) is 2. The molecule has 3 saturated heterocycles. The predicted octanol–water partition coefficient (Wildman–Crippen LogP) is 1.93. The van der Waals surface area contributed by atoms with Gasteiger partial charge in [0.1, 0.15) is 0 Å². The molecule has 1 aromatic carbocycles. The maximum absolute atomic E-state index is 13.7. The second kappa shape index (κ2) is 9.35. The number of morpholine rings is 1. The highest BCUT2D eigenvalue weighted by molar-refractivity contribution is 5.84. The van der Waals surface area contributed by atoms with Crippen LogP contribution in [0, 0.1) is 5.41 Å². The molecular weight excluding hydrogens is 380 g/mol. The van der Waals surface area contributed by atoms with Gasteiger partial charge in [0.2, 0.25) is 5.91 Å². The number of rotatable bonds is 4. The minimum absolute atomic E-state index is 0.0316. The molecule has 0 aromatic heterocycles. The van der Waals surface area contributed by atoms with Gasteiger partial charge in [-0.05, 0) is 37.9 Å². The number of fused-ring (bicyclic) bond motifs is 1. The van der Waals surface area contributed by atoms with Gasteiger partial charge in [0.25, 0.3) is 0 Å². The Hall–Kier alpha value is -2.12. The summed E-state index contributed by atoms with van der Waals surface area (Å²) in [6, 6.07) is 10.2. The van der Waals surface area contributed by atoms with Gasteiger partial charge in [-0.1, -0.05) is 37.3 Å². The van der Waals surface area contributed by atoms with Gasteiger partial charge in [0, 0.05) is 38.8 Å². The van der Waals surface area contributed by atoms with Crippen LogP contribution in [0.4, 0.5) is 4.79 Å². The number of carbonyl (C=O) groups is 2. The highest BCUT2D eigenvalue weighted by Crippen LogP contribution is 2.45. The van der Waals surface area contributed by atoms with Crippen LogP contribution in [0.5, 0.6) is 0 Å². The van der Waals surface area contributed by atoms with Crippen LogP contribution in [0.3, 0.4) is 0 Å². The highest BCUT2D eigenvalue weighted by Gasteiger charge is 2.54. The summed E-state index contributed by atoms with van der Waals surface area (Å²) in [7, 11) is 0. The normalized spacial score (nSPS) is 27.4. The molecular formula is C23H34N4O3. The number of urea groups is 1. The molecule has 3 aliphatic heterocycles. The smallest absolute Gasteiger partial charge is 0.317 e. The van der Waals surface area contributed by atoms with E-state index >= 15 is 0 Å². The van der Waals surface area contributed by atoms with Gasteiger partial charge in [0.15, 0.2) is 0 Å². The largest absolute Gasteiger partial charge is 0.378 e. The molecule has 3 fully saturated rings. The third-order valence-corrected chi connectivity index (χ3v) is 7.13. The number of benzene rings is 1. The summed E-state index contributed by atoms with van der Waals surface area (Å²) in [4.78, 5) is 32.9. The summed E-state index contributed by atoms with van der Waals surface area (Å²) >= 11 is 0. The average Bonchev–Trinajstić information content (AvgIpc) is 3.05. The lowest BCUT2D eigenvalue weighted by Crippen LogP contribution is -2.53. The molecule has 0 spiro atoms. The Kier molecular flexibility index (Phi) is 6.58. The van der Waals surface area contributed by atoms with Gasteiger partial charge >= 0.3 is 6.03 Å². The topological polar surface area (TPSA) is 65.1 Å². The van der Waals surface area contributed by atoms with Crippen LogP contribution in [0.25, 0.3) is 0 Å². The minimum atomic E-state index is -0.373. The molecule has 3 aliphatic rings. The van der Waals surface area contributed by atoms with Crippen molar-refractivity contribution in [2.24, 2.45) is 5.41 Å². The number of amides is 3. The summed E-state index contributed by atoms with van der Waals surface area (Å²) < 4.78 is 5.46. The van der Waals surface area contributed by atoms with Gasteiger partial charge < -0.3 is 19.9 Å². The van der Waals surface area contributed by atoms with E-state index < -0.39 is 0 Å². The first-order valence-electron chi connectivity index (χ1n) is 11.3. The van der Waals surface area contributed by atoms with E-state index in [0.717, 1.165) is 37.9 Å². The molecule has 164 valence electrons. The standard InChI is InChI=1S/C23H34N4O3/c1-2-25-12-9-23(21(28)26-14-16-30-17-15-26)10-13-27(11-8-20(23)25)22(29)24-18-19-6-4-3-5-7-19/h3-7,20H,2,8-18H2,1H3,(H,24,29)/t20-,23-/m1/s1. The van der Waals surface area contributed by atoms with Crippen LogP contribution in [-0.4, -0.2) is 85.2 Å². The molecule has 0 bridgehead atoms. The Labute approximate surface area is 179 Å². The fourth-order valence-electron chi connectivity index (χ4n) is 5.39. The molecule has 1 aromatic rings. The van der Waals surface area contributed by atoms with Crippen molar-refractivity contribution in [3.63, 3.8) is 0 Å². The molecule has 1 N–H and O–H groups in total. The summed E-state index contributed by atoms with van der Waals surface area (Å²) in [6.45, 7) is 8.55. The van der Waals surface area contributed by atoms with Crippen LogP contribution in [0.2, 0.25) is 0 Å². The fourth-order valence-corrected chi connectivity index (χ4v) is 5.39. The van der Waals surface area contributed by atoms with E-state index in [-0.39, 0.29) is 23.4 Å². The van der Waals surface area contributed by atoms with Crippen LogP contribution >= 0.6 is 0 Å². The molecule has 2 atom stereocenters. The van der Waals surface area contributed by atoms with E-state index in [0.29, 0.717) is 45.9 Å². The van der Waals surface area contributed by atoms with Gasteiger partial charge in [-0.15, -0.1) is 0 Å². The van der Waals surface area contributed by atoms with Crippen molar-refractivity contribution in [3.05, 3.63) is 35.9 Å². The molecule has 30 heavy (non-hydrogen) atoms. The summed E-state index contributed by atoms with van der Waals surface area (Å²) in [5.41, 5.74) is 0.718. The van der Waals surface area contributed by atoms with Crippen molar-refractivity contribution in [3.8, 4) is 0 Å². The van der Waals surface area contributed by atoms with E-state index in [1.54, 1.807) is 0 Å². The first-order valence-corrected chi connectivity index (χ1v) is 11.3. The number of carbonyl (C=O) groups excluding carboxylic acids is 2. The minimum Gasteiger partial charge on any atom is -0.378 e. The molecule has 4 rings (SSSR count). The van der Waals surface area contributed by atoms with Crippen LogP contribution in [-0.2, 0) is 16.1 Å². The van der Waals surface area contributed by atoms with Crippen molar-refractivity contribution in [1.82, 2.24) is 20.0 Å². The van der Waals surface area contributed by atoms with E-state index in [2.05, 4.69) is 17.1 Å². The molecule has 7 nitrogen and oxygen atoms in total. The zero-order valence-corrected chi connectivity index (χ0v) is 18.0. The van der Waals surface area contributed by atoms with E-state index in [1.807, 2.05) is 40.1 Å². The number of nitrogens with one attached hydrogen (secondary N) is 1. The molecule has 3 amide bonds. The molecule has 0 unspecified atom stereocenters.